The molecule has 1 unspecified atom stereocenters. The van der Waals surface area contributed by atoms with E-state index in [9.17, 15) is 14.4 Å². The number of anilines is 2. The van der Waals surface area contributed by atoms with Crippen molar-refractivity contribution in [2.24, 2.45) is 0 Å². The van der Waals surface area contributed by atoms with Gasteiger partial charge in [-0.25, -0.2) is 9.59 Å². The number of aryl methyl sites for hydroxylation is 1. The van der Waals surface area contributed by atoms with Gasteiger partial charge in [0.05, 0.1) is 25.3 Å². The van der Waals surface area contributed by atoms with E-state index in [0.29, 0.717) is 15.4 Å². The SMILES string of the molecule is CCOC(=O)c1sc(NC(=O)CN2CCN(c3ccc(C)cc3)C(C)C2)c(C(=O)OCC)c1C. The van der Waals surface area contributed by atoms with E-state index in [-0.39, 0.29) is 37.3 Å². The highest BCUT2D eigenvalue weighted by Gasteiger charge is 2.29. The molecule has 0 saturated carbocycles. The highest BCUT2D eigenvalue weighted by molar-refractivity contribution is 7.18. The third-order valence-corrected chi connectivity index (χ3v) is 6.97. The van der Waals surface area contributed by atoms with Gasteiger partial charge in [-0.05, 0) is 52.3 Å². The van der Waals surface area contributed by atoms with Crippen molar-refractivity contribution in [1.29, 1.82) is 0 Å². The van der Waals surface area contributed by atoms with Gasteiger partial charge in [0.15, 0.2) is 0 Å². The molecule has 0 spiro atoms. The van der Waals surface area contributed by atoms with E-state index >= 15 is 0 Å². The first-order valence-corrected chi connectivity index (χ1v) is 12.4. The van der Waals surface area contributed by atoms with E-state index in [0.717, 1.165) is 31.0 Å². The van der Waals surface area contributed by atoms with Crippen LogP contribution in [0.25, 0.3) is 0 Å². The summed E-state index contributed by atoms with van der Waals surface area (Å²) in [6.07, 6.45) is 0. The Bertz CT molecular complexity index is 1030. The number of hydrogen-bond acceptors (Lipinski definition) is 8. The van der Waals surface area contributed by atoms with Crippen molar-refractivity contribution in [3.8, 4) is 0 Å². The fourth-order valence-electron chi connectivity index (χ4n) is 4.11. The van der Waals surface area contributed by atoms with Gasteiger partial charge in [0.25, 0.3) is 0 Å². The number of carbonyl (C=O) groups excluding carboxylic acids is 3. The second-order valence-electron chi connectivity index (χ2n) is 8.36. The number of thiophene rings is 1. The van der Waals surface area contributed by atoms with Crippen LogP contribution in [0.1, 0.15) is 51.9 Å². The zero-order chi connectivity index (χ0) is 24.8. The Kier molecular flexibility index (Phi) is 8.68. The molecular formula is C25H33N3O5S. The number of carbonyl (C=O) groups is 3. The lowest BCUT2D eigenvalue weighted by Gasteiger charge is -2.41. The number of nitrogens with zero attached hydrogens (tertiary/aromatic N) is 2. The van der Waals surface area contributed by atoms with Gasteiger partial charge in [-0.3, -0.25) is 9.69 Å². The first kappa shape index (κ1) is 25.7. The second kappa shape index (κ2) is 11.5. The molecule has 1 aliphatic rings. The monoisotopic (exact) mass is 487 g/mol. The van der Waals surface area contributed by atoms with Crippen LogP contribution in [0.15, 0.2) is 24.3 Å². The number of rotatable bonds is 8. The van der Waals surface area contributed by atoms with Gasteiger partial charge in [-0.15, -0.1) is 11.3 Å². The maximum atomic E-state index is 12.9. The lowest BCUT2D eigenvalue weighted by molar-refractivity contribution is -0.117. The summed E-state index contributed by atoms with van der Waals surface area (Å²) in [6, 6.07) is 8.72. The zero-order valence-corrected chi connectivity index (χ0v) is 21.3. The quantitative estimate of drug-likeness (QED) is 0.566. The fourth-order valence-corrected chi connectivity index (χ4v) is 5.21. The van der Waals surface area contributed by atoms with Crippen LogP contribution in [0.5, 0.6) is 0 Å². The normalized spacial score (nSPS) is 16.3. The molecule has 34 heavy (non-hydrogen) atoms. The largest absolute Gasteiger partial charge is 0.462 e. The Morgan fingerprint density at radius 1 is 1.03 bits per heavy atom. The van der Waals surface area contributed by atoms with Gasteiger partial charge < -0.3 is 19.7 Å². The summed E-state index contributed by atoms with van der Waals surface area (Å²) in [6.45, 7) is 12.2. The van der Waals surface area contributed by atoms with Crippen molar-refractivity contribution in [2.75, 3.05) is 49.6 Å². The van der Waals surface area contributed by atoms with Crippen molar-refractivity contribution in [2.45, 2.75) is 40.7 Å². The fraction of sp³-hybridized carbons (Fsp3) is 0.480. The lowest BCUT2D eigenvalue weighted by atomic mass is 10.1. The average molecular weight is 488 g/mol. The Balaban J connectivity index is 1.68. The molecule has 0 aliphatic carbocycles. The Labute approximate surface area is 204 Å². The minimum atomic E-state index is -0.567. The van der Waals surface area contributed by atoms with Gasteiger partial charge in [0, 0.05) is 31.4 Å². The smallest absolute Gasteiger partial charge is 0.348 e. The minimum Gasteiger partial charge on any atom is -0.462 e. The number of nitrogens with one attached hydrogen (secondary N) is 1. The Morgan fingerprint density at radius 2 is 1.68 bits per heavy atom. The molecule has 0 bridgehead atoms. The molecule has 3 rings (SSSR count). The van der Waals surface area contributed by atoms with Crippen molar-refractivity contribution in [3.63, 3.8) is 0 Å². The van der Waals surface area contributed by atoms with Gasteiger partial charge >= 0.3 is 11.9 Å². The summed E-state index contributed by atoms with van der Waals surface area (Å²) in [5.74, 6) is -1.32. The van der Waals surface area contributed by atoms with Gasteiger partial charge in [0.2, 0.25) is 5.91 Å². The van der Waals surface area contributed by atoms with Crippen LogP contribution in [0.3, 0.4) is 0 Å². The first-order chi connectivity index (χ1) is 16.2. The van der Waals surface area contributed by atoms with E-state index in [1.54, 1.807) is 20.8 Å². The minimum absolute atomic E-state index is 0.194. The zero-order valence-electron chi connectivity index (χ0n) is 20.5. The molecule has 1 atom stereocenters. The maximum absolute atomic E-state index is 12.9. The molecule has 1 aliphatic heterocycles. The molecule has 0 radical (unpaired) electrons. The average Bonchev–Trinajstić information content (AvgIpc) is 3.10. The number of benzene rings is 1. The van der Waals surface area contributed by atoms with Gasteiger partial charge in [-0.1, -0.05) is 17.7 Å². The molecular weight excluding hydrogens is 454 g/mol. The summed E-state index contributed by atoms with van der Waals surface area (Å²) >= 11 is 1.04. The number of piperazine rings is 1. The highest BCUT2D eigenvalue weighted by Crippen LogP contribution is 2.34. The summed E-state index contributed by atoms with van der Waals surface area (Å²) in [7, 11) is 0. The highest BCUT2D eigenvalue weighted by atomic mass is 32.1. The summed E-state index contributed by atoms with van der Waals surface area (Å²) in [5, 5.41) is 3.15. The molecule has 1 fully saturated rings. The molecule has 1 N–H and O–H groups in total. The van der Waals surface area contributed by atoms with Gasteiger partial charge in [0.1, 0.15) is 9.88 Å². The van der Waals surface area contributed by atoms with Crippen LogP contribution in [0.4, 0.5) is 10.7 Å². The lowest BCUT2D eigenvalue weighted by Crippen LogP contribution is -2.53. The van der Waals surface area contributed by atoms with E-state index in [1.165, 1.54) is 11.3 Å². The molecule has 1 aromatic heterocycles. The third kappa shape index (κ3) is 5.95. The number of hydrogen-bond donors (Lipinski definition) is 1. The van der Waals surface area contributed by atoms with Crippen molar-refractivity contribution >= 4 is 39.9 Å². The topological polar surface area (TPSA) is 88.2 Å². The van der Waals surface area contributed by atoms with Crippen LogP contribution >= 0.6 is 11.3 Å². The van der Waals surface area contributed by atoms with Crippen LogP contribution in [0.2, 0.25) is 0 Å². The second-order valence-corrected chi connectivity index (χ2v) is 9.38. The summed E-state index contributed by atoms with van der Waals surface area (Å²) in [5.41, 5.74) is 3.07. The summed E-state index contributed by atoms with van der Waals surface area (Å²) in [4.78, 5) is 42.5. The maximum Gasteiger partial charge on any atom is 0.348 e. The van der Waals surface area contributed by atoms with Crippen molar-refractivity contribution < 1.29 is 23.9 Å². The van der Waals surface area contributed by atoms with E-state index in [2.05, 4.69) is 53.2 Å². The standard InChI is InChI=1S/C25H33N3O5S/c1-6-32-24(30)21-18(5)22(25(31)33-7-2)34-23(21)26-20(29)15-27-12-13-28(17(4)14-27)19-10-8-16(3)9-11-19/h8-11,17H,6-7,12-15H2,1-5H3,(H,26,29). The molecule has 2 heterocycles. The van der Waals surface area contributed by atoms with Crippen molar-refractivity contribution in [1.82, 2.24) is 4.90 Å². The predicted molar refractivity (Wildman–Crippen MR) is 134 cm³/mol. The molecule has 2 aromatic rings. The third-order valence-electron chi connectivity index (χ3n) is 5.78. The molecule has 8 nitrogen and oxygen atoms in total. The number of ether oxygens (including phenoxy) is 2. The first-order valence-electron chi connectivity index (χ1n) is 11.6. The number of amides is 1. The van der Waals surface area contributed by atoms with Crippen LogP contribution < -0.4 is 10.2 Å². The van der Waals surface area contributed by atoms with E-state index in [4.69, 9.17) is 9.47 Å². The molecule has 184 valence electrons. The van der Waals surface area contributed by atoms with E-state index < -0.39 is 11.9 Å². The van der Waals surface area contributed by atoms with Crippen LogP contribution in [-0.4, -0.2) is 68.2 Å². The van der Waals surface area contributed by atoms with Crippen LogP contribution in [0, 0.1) is 13.8 Å². The number of esters is 2. The Morgan fingerprint density at radius 3 is 2.29 bits per heavy atom. The van der Waals surface area contributed by atoms with Gasteiger partial charge in [-0.2, -0.15) is 0 Å². The van der Waals surface area contributed by atoms with E-state index in [1.807, 2.05) is 0 Å². The molecule has 1 saturated heterocycles. The summed E-state index contributed by atoms with van der Waals surface area (Å²) < 4.78 is 10.3. The van der Waals surface area contributed by atoms with Crippen LogP contribution in [-0.2, 0) is 14.3 Å². The molecule has 9 heteroatoms. The molecule has 1 amide bonds. The predicted octanol–water partition coefficient (Wildman–Crippen LogP) is 3.87. The molecule has 1 aromatic carbocycles. The Hall–Kier alpha value is -2.91. The van der Waals surface area contributed by atoms with Crippen molar-refractivity contribution in [3.05, 3.63) is 45.8 Å².